The van der Waals surface area contributed by atoms with Gasteiger partial charge in [0.15, 0.2) is 0 Å². The Labute approximate surface area is 109 Å². The molecule has 0 amide bonds. The highest BCUT2D eigenvalue weighted by Crippen LogP contribution is 2.35. The second-order valence-corrected chi connectivity index (χ2v) is 5.64. The molecular weight excluding hydrogens is 228 g/mol. The molecule has 0 bridgehead atoms. The molecular formula is C15H22O3. The van der Waals surface area contributed by atoms with Gasteiger partial charge >= 0.3 is 5.97 Å². The van der Waals surface area contributed by atoms with E-state index in [0.29, 0.717) is 6.42 Å². The molecule has 100 valence electrons. The highest BCUT2D eigenvalue weighted by molar-refractivity contribution is 5.75. The van der Waals surface area contributed by atoms with E-state index in [9.17, 15) is 9.90 Å². The molecule has 4 atom stereocenters. The highest BCUT2D eigenvalue weighted by Gasteiger charge is 2.44. The van der Waals surface area contributed by atoms with Crippen molar-refractivity contribution in [2.45, 2.75) is 52.2 Å². The van der Waals surface area contributed by atoms with Crippen molar-refractivity contribution in [3.63, 3.8) is 0 Å². The van der Waals surface area contributed by atoms with Gasteiger partial charge in [-0.3, -0.25) is 4.79 Å². The molecule has 0 aromatic carbocycles. The van der Waals surface area contributed by atoms with Crippen molar-refractivity contribution >= 4 is 5.97 Å². The van der Waals surface area contributed by atoms with Gasteiger partial charge in [-0.25, -0.2) is 0 Å². The standard InChI is InChI=1S/C15H22O3/c1-9-5-4-6-10(2)8-13-14(12(16)7-9)11(3)15(17)18-13/h5,8,11-14,16H,4,6-7H2,1-3H3/b9-5+,10-8+/t11-,12+,13-,14-/m1/s1. The Morgan fingerprint density at radius 1 is 1.33 bits per heavy atom. The van der Waals surface area contributed by atoms with E-state index in [1.165, 1.54) is 11.1 Å². The van der Waals surface area contributed by atoms with Gasteiger partial charge in [0.05, 0.1) is 12.0 Å². The van der Waals surface area contributed by atoms with Gasteiger partial charge < -0.3 is 9.84 Å². The number of rotatable bonds is 0. The van der Waals surface area contributed by atoms with Crippen molar-refractivity contribution in [1.82, 2.24) is 0 Å². The number of carbonyl (C=O) groups excluding carboxylic acids is 1. The fraction of sp³-hybridized carbons (Fsp3) is 0.667. The molecule has 1 saturated heterocycles. The Morgan fingerprint density at radius 3 is 2.78 bits per heavy atom. The molecule has 0 aromatic rings. The van der Waals surface area contributed by atoms with Crippen LogP contribution in [0.4, 0.5) is 0 Å². The Morgan fingerprint density at radius 2 is 2.06 bits per heavy atom. The smallest absolute Gasteiger partial charge is 0.309 e. The van der Waals surface area contributed by atoms with Crippen LogP contribution < -0.4 is 0 Å². The largest absolute Gasteiger partial charge is 0.457 e. The van der Waals surface area contributed by atoms with E-state index >= 15 is 0 Å². The molecule has 2 rings (SSSR count). The first-order valence-electron chi connectivity index (χ1n) is 6.70. The van der Waals surface area contributed by atoms with Gasteiger partial charge in [0.1, 0.15) is 6.10 Å². The zero-order chi connectivity index (χ0) is 13.3. The lowest BCUT2D eigenvalue weighted by Gasteiger charge is -2.24. The number of aliphatic hydroxyl groups excluding tert-OH is 1. The lowest BCUT2D eigenvalue weighted by Crippen LogP contribution is -2.31. The van der Waals surface area contributed by atoms with Gasteiger partial charge in [-0.15, -0.1) is 0 Å². The topological polar surface area (TPSA) is 46.5 Å². The maximum absolute atomic E-state index is 11.7. The summed E-state index contributed by atoms with van der Waals surface area (Å²) in [5.74, 6) is -0.524. The molecule has 18 heavy (non-hydrogen) atoms. The SMILES string of the molecule is C/C1=C\[C@H]2OC(=O)[C@H](C)[C@@H]2[C@@H](O)C/C(C)=C/CC1. The predicted molar refractivity (Wildman–Crippen MR) is 69.9 cm³/mol. The predicted octanol–water partition coefficient (Wildman–Crippen LogP) is 2.60. The minimum Gasteiger partial charge on any atom is -0.457 e. The summed E-state index contributed by atoms with van der Waals surface area (Å²) in [7, 11) is 0. The van der Waals surface area contributed by atoms with Crippen LogP contribution in [0.3, 0.4) is 0 Å². The van der Waals surface area contributed by atoms with Gasteiger partial charge in [0.2, 0.25) is 0 Å². The van der Waals surface area contributed by atoms with Gasteiger partial charge in [-0.05, 0) is 39.2 Å². The molecule has 3 heteroatoms. The molecule has 0 aromatic heterocycles. The number of hydrogen-bond acceptors (Lipinski definition) is 3. The maximum Gasteiger partial charge on any atom is 0.309 e. The third-order valence-corrected chi connectivity index (χ3v) is 4.04. The molecule has 1 heterocycles. The van der Waals surface area contributed by atoms with E-state index in [1.54, 1.807) is 0 Å². The zero-order valence-electron chi connectivity index (χ0n) is 11.3. The molecule has 0 spiro atoms. The number of fused-ring (bicyclic) bond motifs is 1. The molecule has 0 radical (unpaired) electrons. The van der Waals surface area contributed by atoms with E-state index in [2.05, 4.69) is 13.0 Å². The third kappa shape index (κ3) is 2.66. The van der Waals surface area contributed by atoms with Crippen LogP contribution in [0.15, 0.2) is 23.3 Å². The fourth-order valence-corrected chi connectivity index (χ4v) is 2.92. The highest BCUT2D eigenvalue weighted by atomic mass is 16.6. The molecule has 3 nitrogen and oxygen atoms in total. The van der Waals surface area contributed by atoms with Gasteiger partial charge in [0.25, 0.3) is 0 Å². The summed E-state index contributed by atoms with van der Waals surface area (Å²) >= 11 is 0. The Kier molecular flexibility index (Phi) is 3.91. The number of allylic oxidation sites excluding steroid dienone is 2. The first kappa shape index (κ1) is 13.3. The summed E-state index contributed by atoms with van der Waals surface area (Å²) in [6.07, 6.45) is 6.05. The number of esters is 1. The Hall–Kier alpha value is -1.09. The van der Waals surface area contributed by atoms with E-state index in [4.69, 9.17) is 4.74 Å². The van der Waals surface area contributed by atoms with Crippen molar-refractivity contribution in [2.75, 3.05) is 0 Å². The van der Waals surface area contributed by atoms with E-state index in [1.807, 2.05) is 19.9 Å². The molecule has 0 unspecified atom stereocenters. The van der Waals surface area contributed by atoms with Gasteiger partial charge in [-0.1, -0.05) is 24.1 Å². The molecule has 0 saturated carbocycles. The maximum atomic E-state index is 11.7. The minimum atomic E-state index is -0.505. The zero-order valence-corrected chi connectivity index (χ0v) is 11.3. The summed E-state index contributed by atoms with van der Waals surface area (Å²) in [5, 5.41) is 10.3. The lowest BCUT2D eigenvalue weighted by atomic mass is 9.82. The minimum absolute atomic E-state index is 0.117. The number of carbonyl (C=O) groups is 1. The molecule has 2 aliphatic rings. The Bertz CT molecular complexity index is 395. The second-order valence-electron chi connectivity index (χ2n) is 5.64. The van der Waals surface area contributed by atoms with Crippen molar-refractivity contribution in [1.29, 1.82) is 0 Å². The van der Waals surface area contributed by atoms with Gasteiger partial charge in [-0.2, -0.15) is 0 Å². The van der Waals surface area contributed by atoms with Crippen LogP contribution in [-0.4, -0.2) is 23.3 Å². The van der Waals surface area contributed by atoms with Crippen LogP contribution >= 0.6 is 0 Å². The molecule has 1 aliphatic carbocycles. The quantitative estimate of drug-likeness (QED) is 0.531. The molecule has 1 aliphatic heterocycles. The Balaban J connectivity index is 2.30. The van der Waals surface area contributed by atoms with Crippen LogP contribution in [0.1, 0.15) is 40.0 Å². The molecule has 1 fully saturated rings. The summed E-state index contributed by atoms with van der Waals surface area (Å²) in [6, 6.07) is 0. The average molecular weight is 250 g/mol. The van der Waals surface area contributed by atoms with Crippen LogP contribution in [0.2, 0.25) is 0 Å². The number of aliphatic hydroxyl groups is 1. The fourth-order valence-electron chi connectivity index (χ4n) is 2.92. The summed E-state index contributed by atoms with van der Waals surface area (Å²) < 4.78 is 5.39. The van der Waals surface area contributed by atoms with Crippen molar-refractivity contribution in [3.8, 4) is 0 Å². The van der Waals surface area contributed by atoms with Gasteiger partial charge in [0, 0.05) is 5.92 Å². The van der Waals surface area contributed by atoms with Crippen molar-refractivity contribution < 1.29 is 14.6 Å². The second kappa shape index (κ2) is 5.27. The first-order chi connectivity index (χ1) is 8.49. The van der Waals surface area contributed by atoms with E-state index in [0.717, 1.165) is 12.8 Å². The first-order valence-corrected chi connectivity index (χ1v) is 6.70. The molecule has 1 N–H and O–H groups in total. The van der Waals surface area contributed by atoms with Crippen LogP contribution in [0, 0.1) is 11.8 Å². The number of hydrogen-bond donors (Lipinski definition) is 1. The number of ether oxygens (including phenoxy) is 1. The van der Waals surface area contributed by atoms with Crippen LogP contribution in [0.5, 0.6) is 0 Å². The average Bonchev–Trinajstić information content (AvgIpc) is 2.53. The normalized spacial score (nSPS) is 43.2. The van der Waals surface area contributed by atoms with E-state index < -0.39 is 6.10 Å². The van der Waals surface area contributed by atoms with Crippen LogP contribution in [-0.2, 0) is 9.53 Å². The monoisotopic (exact) mass is 250 g/mol. The summed E-state index contributed by atoms with van der Waals surface area (Å²) in [4.78, 5) is 11.7. The summed E-state index contributed by atoms with van der Waals surface area (Å²) in [5.41, 5.74) is 2.42. The van der Waals surface area contributed by atoms with Crippen molar-refractivity contribution in [2.24, 2.45) is 11.8 Å². The van der Waals surface area contributed by atoms with E-state index in [-0.39, 0.29) is 23.9 Å². The van der Waals surface area contributed by atoms with Crippen LogP contribution in [0.25, 0.3) is 0 Å². The third-order valence-electron chi connectivity index (χ3n) is 4.04. The summed E-state index contributed by atoms with van der Waals surface area (Å²) in [6.45, 7) is 5.95. The van der Waals surface area contributed by atoms with Crippen molar-refractivity contribution in [3.05, 3.63) is 23.3 Å². The lowest BCUT2D eigenvalue weighted by molar-refractivity contribution is -0.142.